The van der Waals surface area contributed by atoms with E-state index in [4.69, 9.17) is 9.47 Å². The molecule has 0 spiro atoms. The maximum atomic E-state index is 11.8. The lowest BCUT2D eigenvalue weighted by Crippen LogP contribution is -2.44. The average molecular weight is 328 g/mol. The molecule has 23 heavy (non-hydrogen) atoms. The van der Waals surface area contributed by atoms with Crippen LogP contribution in [0.15, 0.2) is 0 Å². The lowest BCUT2D eigenvalue weighted by atomic mass is 9.91. The molecule has 0 saturated heterocycles. The molecule has 1 aliphatic rings. The molecule has 0 bridgehead atoms. The van der Waals surface area contributed by atoms with Gasteiger partial charge in [-0.25, -0.2) is 4.79 Å². The van der Waals surface area contributed by atoms with Crippen molar-refractivity contribution in [3.63, 3.8) is 0 Å². The van der Waals surface area contributed by atoms with Gasteiger partial charge in [0.15, 0.2) is 0 Å². The van der Waals surface area contributed by atoms with Gasteiger partial charge in [-0.3, -0.25) is 0 Å². The van der Waals surface area contributed by atoms with Crippen LogP contribution in [0, 0.1) is 5.92 Å². The molecule has 5 heteroatoms. The summed E-state index contributed by atoms with van der Waals surface area (Å²) in [6.45, 7) is 12.7. The summed E-state index contributed by atoms with van der Waals surface area (Å²) in [4.78, 5) is 11.8. The fourth-order valence-corrected chi connectivity index (χ4v) is 2.72. The third-order valence-corrected chi connectivity index (χ3v) is 3.80. The highest BCUT2D eigenvalue weighted by Crippen LogP contribution is 2.19. The van der Waals surface area contributed by atoms with E-state index in [1.807, 2.05) is 20.8 Å². The van der Waals surface area contributed by atoms with Gasteiger partial charge in [0.2, 0.25) is 0 Å². The van der Waals surface area contributed by atoms with Gasteiger partial charge in [0.05, 0.1) is 0 Å². The third-order valence-electron chi connectivity index (χ3n) is 3.80. The van der Waals surface area contributed by atoms with Crippen LogP contribution in [-0.4, -0.2) is 43.5 Å². The number of hydrogen-bond donors (Lipinski definition) is 2. The summed E-state index contributed by atoms with van der Waals surface area (Å²) in [5, 5.41) is 6.58. The zero-order valence-corrected chi connectivity index (χ0v) is 15.6. The minimum Gasteiger partial charge on any atom is -0.444 e. The Morgan fingerprint density at radius 3 is 2.30 bits per heavy atom. The smallest absolute Gasteiger partial charge is 0.407 e. The molecular formula is C18H36N2O3. The summed E-state index contributed by atoms with van der Waals surface area (Å²) in [5.41, 5.74) is -0.430. The summed E-state index contributed by atoms with van der Waals surface area (Å²) < 4.78 is 10.9. The summed E-state index contributed by atoms with van der Waals surface area (Å²) in [7, 11) is 0. The largest absolute Gasteiger partial charge is 0.444 e. The molecule has 0 radical (unpaired) electrons. The molecule has 1 aliphatic carbocycles. The monoisotopic (exact) mass is 328 g/mol. The van der Waals surface area contributed by atoms with Crippen LogP contribution in [-0.2, 0) is 9.47 Å². The van der Waals surface area contributed by atoms with Gasteiger partial charge in [-0.1, -0.05) is 13.8 Å². The van der Waals surface area contributed by atoms with E-state index in [0.29, 0.717) is 12.0 Å². The van der Waals surface area contributed by atoms with E-state index in [1.165, 1.54) is 0 Å². The van der Waals surface area contributed by atoms with E-state index >= 15 is 0 Å². The second-order valence-electron chi connectivity index (χ2n) is 7.97. The van der Waals surface area contributed by atoms with E-state index < -0.39 is 5.60 Å². The van der Waals surface area contributed by atoms with Gasteiger partial charge in [0.25, 0.3) is 0 Å². The Kier molecular flexibility index (Phi) is 8.92. The quantitative estimate of drug-likeness (QED) is 0.670. The van der Waals surface area contributed by atoms with E-state index in [1.54, 1.807) is 0 Å². The number of hydrogen-bond acceptors (Lipinski definition) is 4. The van der Waals surface area contributed by atoms with Crippen molar-refractivity contribution in [2.75, 3.05) is 19.8 Å². The Morgan fingerprint density at radius 1 is 1.13 bits per heavy atom. The Bertz CT molecular complexity index is 332. The normalized spacial score (nSPS) is 22.2. The first kappa shape index (κ1) is 20.2. The van der Waals surface area contributed by atoms with Crippen molar-refractivity contribution >= 4 is 6.09 Å². The van der Waals surface area contributed by atoms with Crippen LogP contribution >= 0.6 is 0 Å². The number of ether oxygens (including phenoxy) is 2. The average Bonchev–Trinajstić information content (AvgIpc) is 2.42. The molecule has 1 fully saturated rings. The zero-order valence-electron chi connectivity index (χ0n) is 15.6. The van der Waals surface area contributed by atoms with Crippen molar-refractivity contribution in [1.29, 1.82) is 0 Å². The molecule has 1 amide bonds. The van der Waals surface area contributed by atoms with Crippen molar-refractivity contribution in [1.82, 2.24) is 10.6 Å². The number of carbonyl (C=O) groups is 1. The van der Waals surface area contributed by atoms with Crippen molar-refractivity contribution in [2.24, 2.45) is 5.92 Å². The molecule has 2 N–H and O–H groups in total. The number of alkyl carbamates (subject to hydrolysis) is 1. The second-order valence-corrected chi connectivity index (χ2v) is 7.97. The molecule has 0 unspecified atom stereocenters. The molecule has 136 valence electrons. The summed E-state index contributed by atoms with van der Waals surface area (Å²) in [6.07, 6.45) is 5.00. The van der Waals surface area contributed by atoms with Crippen LogP contribution in [0.2, 0.25) is 0 Å². The number of nitrogens with one attached hydrogen (secondary N) is 2. The van der Waals surface area contributed by atoms with Gasteiger partial charge in [-0.15, -0.1) is 0 Å². The fraction of sp³-hybridized carbons (Fsp3) is 0.944. The molecule has 0 aromatic rings. The van der Waals surface area contributed by atoms with Gasteiger partial charge in [-0.2, -0.15) is 0 Å². The van der Waals surface area contributed by atoms with Crippen LogP contribution in [0.4, 0.5) is 4.79 Å². The van der Waals surface area contributed by atoms with Gasteiger partial charge < -0.3 is 20.1 Å². The molecule has 0 aromatic carbocycles. The van der Waals surface area contributed by atoms with Crippen molar-refractivity contribution in [3.05, 3.63) is 0 Å². The first-order valence-corrected chi connectivity index (χ1v) is 9.07. The van der Waals surface area contributed by atoms with E-state index in [0.717, 1.165) is 51.9 Å². The maximum absolute atomic E-state index is 11.8. The van der Waals surface area contributed by atoms with Gasteiger partial charge >= 0.3 is 6.09 Å². The number of rotatable bonds is 8. The molecule has 0 atom stereocenters. The minimum atomic E-state index is -0.430. The fourth-order valence-electron chi connectivity index (χ4n) is 2.72. The Hall–Kier alpha value is -0.810. The summed E-state index contributed by atoms with van der Waals surface area (Å²) in [6, 6.07) is 0.814. The predicted octanol–water partition coefficient (Wildman–Crippen LogP) is 3.47. The van der Waals surface area contributed by atoms with Crippen molar-refractivity contribution in [3.8, 4) is 0 Å². The minimum absolute atomic E-state index is 0.247. The van der Waals surface area contributed by atoms with Gasteiger partial charge in [0.1, 0.15) is 5.60 Å². The lowest BCUT2D eigenvalue weighted by Gasteiger charge is -2.30. The molecular weight excluding hydrogens is 292 g/mol. The standard InChI is InChI=1S/C18H36N2O3/c1-14(2)13-22-12-6-11-19-15-7-9-16(10-8-15)20-17(21)23-18(3,4)5/h14-16,19H,6-13H2,1-5H3,(H,20,21). The first-order chi connectivity index (χ1) is 10.8. The molecule has 0 aliphatic heterocycles. The second kappa shape index (κ2) is 10.1. The number of amides is 1. The first-order valence-electron chi connectivity index (χ1n) is 9.07. The maximum Gasteiger partial charge on any atom is 0.407 e. The predicted molar refractivity (Wildman–Crippen MR) is 93.7 cm³/mol. The molecule has 1 saturated carbocycles. The molecule has 1 rings (SSSR count). The summed E-state index contributed by atoms with van der Waals surface area (Å²) in [5.74, 6) is 0.607. The van der Waals surface area contributed by atoms with E-state index in [-0.39, 0.29) is 12.1 Å². The third kappa shape index (κ3) is 10.6. The molecule has 0 heterocycles. The Labute approximate surface area is 141 Å². The van der Waals surface area contributed by atoms with Crippen LogP contribution in [0.5, 0.6) is 0 Å². The van der Waals surface area contributed by atoms with Crippen molar-refractivity contribution in [2.45, 2.75) is 84.4 Å². The highest BCUT2D eigenvalue weighted by molar-refractivity contribution is 5.68. The van der Waals surface area contributed by atoms with Crippen LogP contribution in [0.1, 0.15) is 66.7 Å². The zero-order chi connectivity index (χ0) is 17.3. The van der Waals surface area contributed by atoms with Crippen LogP contribution in [0.3, 0.4) is 0 Å². The van der Waals surface area contributed by atoms with Gasteiger partial charge in [0, 0.05) is 25.3 Å². The van der Waals surface area contributed by atoms with Crippen LogP contribution < -0.4 is 10.6 Å². The lowest BCUT2D eigenvalue weighted by molar-refractivity contribution is 0.0489. The van der Waals surface area contributed by atoms with E-state index in [2.05, 4.69) is 24.5 Å². The Balaban J connectivity index is 2.06. The van der Waals surface area contributed by atoms with Gasteiger partial charge in [-0.05, 0) is 65.3 Å². The SMILES string of the molecule is CC(C)COCCCNC1CCC(NC(=O)OC(C)(C)C)CC1. The molecule has 5 nitrogen and oxygen atoms in total. The van der Waals surface area contributed by atoms with Crippen molar-refractivity contribution < 1.29 is 14.3 Å². The molecule has 0 aromatic heterocycles. The van der Waals surface area contributed by atoms with E-state index in [9.17, 15) is 4.79 Å². The number of carbonyl (C=O) groups excluding carboxylic acids is 1. The van der Waals surface area contributed by atoms with Crippen LogP contribution in [0.25, 0.3) is 0 Å². The topological polar surface area (TPSA) is 59.6 Å². The highest BCUT2D eigenvalue weighted by Gasteiger charge is 2.24. The highest BCUT2D eigenvalue weighted by atomic mass is 16.6. The Morgan fingerprint density at radius 2 is 1.74 bits per heavy atom. The summed E-state index contributed by atoms with van der Waals surface area (Å²) >= 11 is 0.